The maximum Gasteiger partial charge on any atom is 0.411 e. The van der Waals surface area contributed by atoms with Gasteiger partial charge in [-0.3, -0.25) is 14.9 Å². The van der Waals surface area contributed by atoms with E-state index in [0.717, 1.165) is 0 Å². The van der Waals surface area contributed by atoms with E-state index in [2.05, 4.69) is 20.0 Å². The molecule has 0 fully saturated rings. The number of aliphatic hydroxyl groups excluding tert-OH is 1. The van der Waals surface area contributed by atoms with Crippen molar-refractivity contribution in [1.82, 2.24) is 9.97 Å². The zero-order valence-electron chi connectivity index (χ0n) is 9.73. The van der Waals surface area contributed by atoms with E-state index in [-0.39, 0.29) is 13.2 Å². The number of hydrogen-bond acceptors (Lipinski definition) is 5. The molecule has 0 saturated heterocycles. The van der Waals surface area contributed by atoms with Gasteiger partial charge in [0.2, 0.25) is 0 Å². The van der Waals surface area contributed by atoms with Crippen LogP contribution in [0, 0.1) is 0 Å². The molecule has 0 aliphatic carbocycles. The molecule has 0 bridgehead atoms. The molecule has 1 aromatic carbocycles. The van der Waals surface area contributed by atoms with Gasteiger partial charge in [-0.25, -0.2) is 4.79 Å². The SMILES string of the molecule is O=C(Nc1ccc2[nH]c(=O)c(=O)[nH]c2c1)OCCO. The molecule has 0 atom stereocenters. The van der Waals surface area contributed by atoms with Crippen molar-refractivity contribution in [2.45, 2.75) is 0 Å². The Morgan fingerprint density at radius 2 is 1.89 bits per heavy atom. The van der Waals surface area contributed by atoms with Gasteiger partial charge in [0.25, 0.3) is 0 Å². The normalized spacial score (nSPS) is 10.4. The second-order valence-electron chi connectivity index (χ2n) is 3.65. The maximum atomic E-state index is 11.3. The molecule has 0 saturated carbocycles. The number of amides is 1. The van der Waals surface area contributed by atoms with Crippen LogP contribution < -0.4 is 16.4 Å². The van der Waals surface area contributed by atoms with Gasteiger partial charge in [-0.1, -0.05) is 0 Å². The zero-order valence-corrected chi connectivity index (χ0v) is 9.73. The molecule has 0 spiro atoms. The fourth-order valence-corrected chi connectivity index (χ4v) is 1.48. The number of hydrogen-bond donors (Lipinski definition) is 4. The summed E-state index contributed by atoms with van der Waals surface area (Å²) in [5.74, 6) is 0. The number of anilines is 1. The molecule has 0 radical (unpaired) electrons. The Kier molecular flexibility index (Phi) is 3.62. The predicted molar refractivity (Wildman–Crippen MR) is 67.2 cm³/mol. The summed E-state index contributed by atoms with van der Waals surface area (Å²) in [6, 6.07) is 4.55. The maximum absolute atomic E-state index is 11.3. The van der Waals surface area contributed by atoms with Gasteiger partial charge in [-0.2, -0.15) is 0 Å². The second-order valence-corrected chi connectivity index (χ2v) is 3.65. The van der Waals surface area contributed by atoms with Gasteiger partial charge in [-0.15, -0.1) is 0 Å². The Morgan fingerprint density at radius 3 is 2.58 bits per heavy atom. The number of ether oxygens (including phenoxy) is 1. The number of aliphatic hydroxyl groups is 1. The van der Waals surface area contributed by atoms with E-state index < -0.39 is 17.2 Å². The molecule has 4 N–H and O–H groups in total. The fourth-order valence-electron chi connectivity index (χ4n) is 1.48. The van der Waals surface area contributed by atoms with Gasteiger partial charge in [0.15, 0.2) is 0 Å². The highest BCUT2D eigenvalue weighted by atomic mass is 16.6. The van der Waals surface area contributed by atoms with Crippen LogP contribution >= 0.6 is 0 Å². The van der Waals surface area contributed by atoms with Gasteiger partial charge in [-0.05, 0) is 18.2 Å². The Balaban J connectivity index is 2.26. The summed E-state index contributed by atoms with van der Waals surface area (Å²) in [6.45, 7) is -0.372. The first kappa shape index (κ1) is 12.8. The molecule has 0 unspecified atom stereocenters. The van der Waals surface area contributed by atoms with Gasteiger partial charge >= 0.3 is 17.2 Å². The second kappa shape index (κ2) is 5.36. The van der Waals surface area contributed by atoms with E-state index in [4.69, 9.17) is 5.11 Å². The van der Waals surface area contributed by atoms with Crippen LogP contribution in [-0.4, -0.2) is 34.4 Å². The first-order valence-corrected chi connectivity index (χ1v) is 5.41. The smallest absolute Gasteiger partial charge is 0.411 e. The average molecular weight is 265 g/mol. The summed E-state index contributed by atoms with van der Waals surface area (Å²) in [5.41, 5.74) is -0.301. The van der Waals surface area contributed by atoms with Crippen molar-refractivity contribution in [3.63, 3.8) is 0 Å². The Hall–Kier alpha value is -2.61. The standard InChI is InChI=1S/C11H11N3O5/c15-3-4-19-11(18)12-6-1-2-7-8(5-6)14-10(17)9(16)13-7/h1-2,5,15H,3-4H2,(H,12,18)(H,13,16)(H,14,17). The Bertz CT molecular complexity index is 718. The molecule has 19 heavy (non-hydrogen) atoms. The van der Waals surface area contributed by atoms with Gasteiger partial charge in [0.05, 0.1) is 17.6 Å². The highest BCUT2D eigenvalue weighted by molar-refractivity contribution is 5.88. The molecular formula is C11H11N3O5. The predicted octanol–water partition coefficient (Wildman–Crippen LogP) is -0.243. The van der Waals surface area contributed by atoms with Crippen LogP contribution in [0.1, 0.15) is 0 Å². The summed E-state index contributed by atoms with van der Waals surface area (Å²) in [5, 5.41) is 10.9. The monoisotopic (exact) mass is 265 g/mol. The summed E-state index contributed by atoms with van der Waals surface area (Å²) >= 11 is 0. The van der Waals surface area contributed by atoms with Crippen molar-refractivity contribution in [2.24, 2.45) is 0 Å². The van der Waals surface area contributed by atoms with Crippen molar-refractivity contribution in [3.8, 4) is 0 Å². The third-order valence-electron chi connectivity index (χ3n) is 2.29. The third kappa shape index (κ3) is 2.99. The number of carbonyl (C=O) groups excluding carboxylic acids is 1. The van der Waals surface area contributed by atoms with Crippen LogP contribution in [0.2, 0.25) is 0 Å². The number of benzene rings is 1. The number of carbonyl (C=O) groups is 1. The molecule has 1 amide bonds. The van der Waals surface area contributed by atoms with Crippen molar-refractivity contribution >= 4 is 22.8 Å². The van der Waals surface area contributed by atoms with Crippen molar-refractivity contribution < 1.29 is 14.6 Å². The van der Waals surface area contributed by atoms with E-state index in [9.17, 15) is 14.4 Å². The van der Waals surface area contributed by atoms with Crippen molar-refractivity contribution in [3.05, 3.63) is 38.9 Å². The lowest BCUT2D eigenvalue weighted by Gasteiger charge is -2.06. The fraction of sp³-hybridized carbons (Fsp3) is 0.182. The largest absolute Gasteiger partial charge is 0.447 e. The van der Waals surface area contributed by atoms with Gasteiger partial charge in [0, 0.05) is 5.69 Å². The Morgan fingerprint density at radius 1 is 1.21 bits per heavy atom. The molecule has 0 aliphatic rings. The molecule has 2 aromatic rings. The van der Waals surface area contributed by atoms with Crippen molar-refractivity contribution in [1.29, 1.82) is 0 Å². The average Bonchev–Trinajstić information content (AvgIpc) is 2.38. The van der Waals surface area contributed by atoms with Crippen LogP contribution in [-0.2, 0) is 4.74 Å². The van der Waals surface area contributed by atoms with E-state index in [1.54, 1.807) is 0 Å². The number of aromatic nitrogens is 2. The van der Waals surface area contributed by atoms with E-state index in [1.807, 2.05) is 0 Å². The minimum absolute atomic E-state index is 0.108. The summed E-state index contributed by atoms with van der Waals surface area (Å²) in [4.78, 5) is 38.3. The molecule has 8 heteroatoms. The molecule has 2 rings (SSSR count). The quantitative estimate of drug-likeness (QED) is 0.570. The molecule has 1 aromatic heterocycles. The number of rotatable bonds is 3. The van der Waals surface area contributed by atoms with Crippen LogP contribution in [0.3, 0.4) is 0 Å². The number of fused-ring (bicyclic) bond motifs is 1. The topological polar surface area (TPSA) is 124 Å². The highest BCUT2D eigenvalue weighted by Gasteiger charge is 2.05. The number of nitrogens with one attached hydrogen (secondary N) is 3. The lowest BCUT2D eigenvalue weighted by Crippen LogP contribution is -2.28. The van der Waals surface area contributed by atoms with Crippen LogP contribution in [0.4, 0.5) is 10.5 Å². The molecule has 0 aliphatic heterocycles. The number of H-pyrrole nitrogens is 2. The molecule has 8 nitrogen and oxygen atoms in total. The van der Waals surface area contributed by atoms with Gasteiger partial charge in [0.1, 0.15) is 6.61 Å². The first-order valence-electron chi connectivity index (χ1n) is 5.41. The van der Waals surface area contributed by atoms with E-state index >= 15 is 0 Å². The lowest BCUT2D eigenvalue weighted by atomic mass is 10.2. The summed E-state index contributed by atoms with van der Waals surface area (Å²) < 4.78 is 4.62. The minimum atomic E-state index is -0.771. The van der Waals surface area contributed by atoms with E-state index in [1.165, 1.54) is 18.2 Å². The molecule has 1 heterocycles. The van der Waals surface area contributed by atoms with Crippen LogP contribution in [0.5, 0.6) is 0 Å². The lowest BCUT2D eigenvalue weighted by molar-refractivity contribution is 0.131. The van der Waals surface area contributed by atoms with Crippen LogP contribution in [0.25, 0.3) is 11.0 Å². The highest BCUT2D eigenvalue weighted by Crippen LogP contribution is 2.13. The minimum Gasteiger partial charge on any atom is -0.447 e. The Labute approximate surface area is 106 Å². The van der Waals surface area contributed by atoms with Crippen molar-refractivity contribution in [2.75, 3.05) is 18.5 Å². The zero-order chi connectivity index (χ0) is 13.8. The molecular weight excluding hydrogens is 254 g/mol. The summed E-state index contributed by atoms with van der Waals surface area (Å²) in [6.07, 6.45) is -0.722. The number of aromatic amines is 2. The first-order chi connectivity index (χ1) is 9.10. The van der Waals surface area contributed by atoms with E-state index in [0.29, 0.717) is 16.7 Å². The van der Waals surface area contributed by atoms with Crippen LogP contribution in [0.15, 0.2) is 27.8 Å². The molecule has 100 valence electrons. The van der Waals surface area contributed by atoms with Gasteiger partial charge < -0.3 is 19.8 Å². The third-order valence-corrected chi connectivity index (χ3v) is 2.29. The summed E-state index contributed by atoms with van der Waals surface area (Å²) in [7, 11) is 0.